The van der Waals surface area contributed by atoms with E-state index in [1.54, 1.807) is 11.8 Å². The molecule has 1 aromatic carbocycles. The fourth-order valence-electron chi connectivity index (χ4n) is 2.18. The molecule has 1 saturated heterocycles. The Hall–Kier alpha value is -2.35. The van der Waals surface area contributed by atoms with Crippen LogP contribution in [-0.4, -0.2) is 48.1 Å². The highest BCUT2D eigenvalue weighted by atomic mass is 16.6. The monoisotopic (exact) mass is 294 g/mol. The summed E-state index contributed by atoms with van der Waals surface area (Å²) >= 11 is 0. The molecule has 1 atom stereocenters. The molecule has 1 amide bonds. The Kier molecular flexibility index (Phi) is 4.59. The predicted octanol–water partition coefficient (Wildman–Crippen LogP) is 0.836. The zero-order valence-corrected chi connectivity index (χ0v) is 11.7. The van der Waals surface area contributed by atoms with E-state index in [4.69, 9.17) is 10.5 Å². The van der Waals surface area contributed by atoms with Gasteiger partial charge < -0.3 is 20.7 Å². The van der Waals surface area contributed by atoms with Crippen LogP contribution in [-0.2, 0) is 9.53 Å². The van der Waals surface area contributed by atoms with Crippen LogP contribution in [0.3, 0.4) is 0 Å². The van der Waals surface area contributed by atoms with E-state index in [1.807, 2.05) is 0 Å². The summed E-state index contributed by atoms with van der Waals surface area (Å²) in [6.07, 6.45) is 0. The molecule has 0 aromatic heterocycles. The number of carbonyl (C=O) groups excluding carboxylic acids is 1. The largest absolute Gasteiger partial charge is 0.393 e. The zero-order chi connectivity index (χ0) is 15.4. The Labute approximate surface area is 122 Å². The van der Waals surface area contributed by atoms with Crippen molar-refractivity contribution in [3.63, 3.8) is 0 Å². The van der Waals surface area contributed by atoms with Crippen LogP contribution >= 0.6 is 0 Å². The van der Waals surface area contributed by atoms with E-state index in [2.05, 4.69) is 5.32 Å². The summed E-state index contributed by atoms with van der Waals surface area (Å²) in [7, 11) is 0. The van der Waals surface area contributed by atoms with Crippen LogP contribution in [0.2, 0.25) is 0 Å². The first-order valence-corrected chi connectivity index (χ1v) is 6.66. The van der Waals surface area contributed by atoms with Crippen LogP contribution in [0.5, 0.6) is 0 Å². The molecule has 2 rings (SSSR count). The number of amides is 1. The third-order valence-electron chi connectivity index (χ3n) is 3.30. The van der Waals surface area contributed by atoms with Crippen molar-refractivity contribution in [1.29, 1.82) is 0 Å². The first kappa shape index (κ1) is 15.0. The topological polar surface area (TPSA) is 111 Å². The second-order valence-electron chi connectivity index (χ2n) is 4.83. The molecule has 0 radical (unpaired) electrons. The number of carbonyl (C=O) groups is 1. The lowest BCUT2D eigenvalue weighted by atomic mass is 10.2. The average molecular weight is 294 g/mol. The number of benzene rings is 1. The highest BCUT2D eigenvalue weighted by molar-refractivity contribution is 5.84. The van der Waals surface area contributed by atoms with Crippen molar-refractivity contribution in [3.8, 4) is 0 Å². The Morgan fingerprint density at radius 1 is 1.48 bits per heavy atom. The Balaban J connectivity index is 2.01. The van der Waals surface area contributed by atoms with Gasteiger partial charge in [-0.3, -0.25) is 14.9 Å². The molecule has 114 valence electrons. The molecule has 0 aliphatic carbocycles. The number of nitro benzene ring substituents is 1. The molecule has 0 saturated carbocycles. The van der Waals surface area contributed by atoms with Gasteiger partial charge in [-0.15, -0.1) is 0 Å². The summed E-state index contributed by atoms with van der Waals surface area (Å²) < 4.78 is 5.20. The van der Waals surface area contributed by atoms with Gasteiger partial charge in [0.1, 0.15) is 11.7 Å². The van der Waals surface area contributed by atoms with Gasteiger partial charge in [-0.2, -0.15) is 0 Å². The van der Waals surface area contributed by atoms with Crippen molar-refractivity contribution in [2.24, 2.45) is 0 Å². The van der Waals surface area contributed by atoms with Crippen LogP contribution in [0.4, 0.5) is 17.1 Å². The number of nitro groups is 1. The third-order valence-corrected chi connectivity index (χ3v) is 3.30. The van der Waals surface area contributed by atoms with Crippen LogP contribution < -0.4 is 11.1 Å². The lowest BCUT2D eigenvalue weighted by Gasteiger charge is -2.29. The SMILES string of the molecule is CC(Nc1ccc([N+](=O)[O-])c(N)c1)C(=O)N1CCOCC1. The number of hydrogen-bond donors (Lipinski definition) is 2. The van der Waals surface area contributed by atoms with Gasteiger partial charge in [0.05, 0.1) is 18.1 Å². The molecule has 21 heavy (non-hydrogen) atoms. The lowest BCUT2D eigenvalue weighted by molar-refractivity contribution is -0.383. The summed E-state index contributed by atoms with van der Waals surface area (Å²) in [6, 6.07) is 3.88. The minimum Gasteiger partial charge on any atom is -0.393 e. The molecule has 1 aliphatic rings. The summed E-state index contributed by atoms with van der Waals surface area (Å²) in [5.74, 6) is -0.0322. The molecule has 1 fully saturated rings. The zero-order valence-electron chi connectivity index (χ0n) is 11.7. The van der Waals surface area contributed by atoms with E-state index in [0.717, 1.165) is 0 Å². The van der Waals surface area contributed by atoms with Gasteiger partial charge in [-0.05, 0) is 19.1 Å². The smallest absolute Gasteiger partial charge is 0.292 e. The van der Waals surface area contributed by atoms with Gasteiger partial charge in [0.15, 0.2) is 0 Å². The molecule has 1 aliphatic heterocycles. The van der Waals surface area contributed by atoms with Gasteiger partial charge in [-0.1, -0.05) is 0 Å². The second kappa shape index (κ2) is 6.40. The number of nitrogens with zero attached hydrogens (tertiary/aromatic N) is 2. The lowest BCUT2D eigenvalue weighted by Crippen LogP contribution is -2.46. The Morgan fingerprint density at radius 3 is 2.71 bits per heavy atom. The highest BCUT2D eigenvalue weighted by Gasteiger charge is 2.22. The van der Waals surface area contributed by atoms with Crippen molar-refractivity contribution < 1.29 is 14.5 Å². The second-order valence-corrected chi connectivity index (χ2v) is 4.83. The van der Waals surface area contributed by atoms with Gasteiger partial charge in [0.2, 0.25) is 5.91 Å². The van der Waals surface area contributed by atoms with Gasteiger partial charge in [-0.25, -0.2) is 0 Å². The number of morpholine rings is 1. The third kappa shape index (κ3) is 3.60. The minimum absolute atomic E-state index is 0.0322. The van der Waals surface area contributed by atoms with Gasteiger partial charge >= 0.3 is 0 Å². The highest BCUT2D eigenvalue weighted by Crippen LogP contribution is 2.25. The maximum atomic E-state index is 12.2. The van der Waals surface area contributed by atoms with E-state index in [1.165, 1.54) is 18.2 Å². The number of nitrogens with two attached hydrogens (primary N) is 1. The minimum atomic E-state index is -0.540. The van der Waals surface area contributed by atoms with E-state index in [-0.39, 0.29) is 17.3 Å². The summed E-state index contributed by atoms with van der Waals surface area (Å²) in [5.41, 5.74) is 6.12. The molecule has 8 heteroatoms. The fraction of sp³-hybridized carbons (Fsp3) is 0.462. The molecule has 1 heterocycles. The number of hydrogen-bond acceptors (Lipinski definition) is 6. The first-order valence-electron chi connectivity index (χ1n) is 6.66. The van der Waals surface area contributed by atoms with E-state index in [9.17, 15) is 14.9 Å². The summed E-state index contributed by atoms with van der Waals surface area (Å²) in [6.45, 7) is 3.99. The molecular formula is C13H18N4O4. The number of anilines is 2. The molecular weight excluding hydrogens is 276 g/mol. The average Bonchev–Trinajstić information content (AvgIpc) is 2.47. The maximum absolute atomic E-state index is 12.2. The fourth-order valence-corrected chi connectivity index (χ4v) is 2.18. The molecule has 0 bridgehead atoms. The molecule has 1 aromatic rings. The van der Waals surface area contributed by atoms with Crippen LogP contribution in [0.15, 0.2) is 18.2 Å². The molecule has 8 nitrogen and oxygen atoms in total. The number of nitrogen functional groups attached to an aromatic ring is 1. The van der Waals surface area contributed by atoms with E-state index >= 15 is 0 Å². The maximum Gasteiger partial charge on any atom is 0.292 e. The quantitative estimate of drug-likeness (QED) is 0.483. The van der Waals surface area contributed by atoms with Crippen LogP contribution in [0.25, 0.3) is 0 Å². The first-order chi connectivity index (χ1) is 9.99. The Morgan fingerprint density at radius 2 is 2.14 bits per heavy atom. The Bertz CT molecular complexity index is 543. The van der Waals surface area contributed by atoms with Crippen molar-refractivity contribution in [2.75, 3.05) is 37.4 Å². The number of nitrogens with one attached hydrogen (secondary N) is 1. The van der Waals surface area contributed by atoms with Gasteiger partial charge in [0, 0.05) is 24.8 Å². The van der Waals surface area contributed by atoms with Gasteiger partial charge in [0.25, 0.3) is 5.69 Å². The van der Waals surface area contributed by atoms with Crippen LogP contribution in [0.1, 0.15) is 6.92 Å². The van der Waals surface area contributed by atoms with Crippen molar-refractivity contribution >= 4 is 23.0 Å². The van der Waals surface area contributed by atoms with E-state index < -0.39 is 11.0 Å². The van der Waals surface area contributed by atoms with Crippen LogP contribution in [0, 0.1) is 10.1 Å². The van der Waals surface area contributed by atoms with Crippen molar-refractivity contribution in [3.05, 3.63) is 28.3 Å². The standard InChI is InChI=1S/C13H18N4O4/c1-9(13(18)16-4-6-21-7-5-16)15-10-2-3-12(17(19)20)11(14)8-10/h2-3,8-9,15H,4-7,14H2,1H3. The van der Waals surface area contributed by atoms with Crippen molar-refractivity contribution in [2.45, 2.75) is 13.0 Å². The molecule has 1 unspecified atom stereocenters. The van der Waals surface area contributed by atoms with Crippen molar-refractivity contribution in [1.82, 2.24) is 4.90 Å². The predicted molar refractivity (Wildman–Crippen MR) is 78.0 cm³/mol. The van der Waals surface area contributed by atoms with E-state index in [0.29, 0.717) is 32.0 Å². The molecule has 3 N–H and O–H groups in total. The number of ether oxygens (including phenoxy) is 1. The normalized spacial score (nSPS) is 16.3. The summed E-state index contributed by atoms with van der Waals surface area (Å²) in [4.78, 5) is 24.1. The molecule has 0 spiro atoms. The number of rotatable bonds is 4. The summed E-state index contributed by atoms with van der Waals surface area (Å²) in [5, 5.41) is 13.7.